The van der Waals surface area contributed by atoms with Crippen LogP contribution in [0.5, 0.6) is 0 Å². The molecule has 0 aliphatic rings. The van der Waals surface area contributed by atoms with Crippen molar-refractivity contribution in [3.8, 4) is 0 Å². The van der Waals surface area contributed by atoms with Crippen molar-refractivity contribution in [3.05, 3.63) is 170 Å². The molecular formula is C71H110O6. The van der Waals surface area contributed by atoms with Gasteiger partial charge in [-0.3, -0.25) is 14.4 Å². The van der Waals surface area contributed by atoms with Gasteiger partial charge < -0.3 is 14.2 Å². The van der Waals surface area contributed by atoms with E-state index < -0.39 is 6.10 Å². The lowest BCUT2D eigenvalue weighted by Gasteiger charge is -2.18. The van der Waals surface area contributed by atoms with Gasteiger partial charge in [0.2, 0.25) is 0 Å². The highest BCUT2D eigenvalue weighted by Crippen LogP contribution is 2.13. The molecule has 77 heavy (non-hydrogen) atoms. The molecule has 6 heteroatoms. The van der Waals surface area contributed by atoms with E-state index in [4.69, 9.17) is 14.2 Å². The predicted octanol–water partition coefficient (Wildman–Crippen LogP) is 21.1. The van der Waals surface area contributed by atoms with E-state index in [1.165, 1.54) is 0 Å². The molecular weight excluding hydrogens is 949 g/mol. The van der Waals surface area contributed by atoms with Crippen LogP contribution in [0.4, 0.5) is 0 Å². The summed E-state index contributed by atoms with van der Waals surface area (Å²) in [7, 11) is 0. The van der Waals surface area contributed by atoms with Crippen LogP contribution in [-0.4, -0.2) is 37.2 Å². The Hall–Kier alpha value is -5.23. The molecule has 0 rings (SSSR count). The number of carbonyl (C=O) groups excluding carboxylic acids is 3. The summed E-state index contributed by atoms with van der Waals surface area (Å²) in [5.74, 6) is -0.977. The third-order valence-corrected chi connectivity index (χ3v) is 12.2. The Morgan fingerprint density at radius 1 is 0.260 bits per heavy atom. The van der Waals surface area contributed by atoms with Crippen molar-refractivity contribution in [2.24, 2.45) is 0 Å². The average molecular weight is 1060 g/mol. The van der Waals surface area contributed by atoms with Crippen molar-refractivity contribution >= 4 is 17.9 Å². The van der Waals surface area contributed by atoms with E-state index in [9.17, 15) is 14.4 Å². The molecule has 430 valence electrons. The zero-order valence-corrected chi connectivity index (χ0v) is 49.1. The highest BCUT2D eigenvalue weighted by Gasteiger charge is 2.19. The zero-order valence-electron chi connectivity index (χ0n) is 49.1. The minimum atomic E-state index is -0.815. The van der Waals surface area contributed by atoms with E-state index in [0.717, 1.165) is 199 Å². The second-order valence-corrected chi connectivity index (χ2v) is 19.5. The second kappa shape index (κ2) is 63.3. The van der Waals surface area contributed by atoms with Gasteiger partial charge in [-0.1, -0.05) is 242 Å². The van der Waals surface area contributed by atoms with Crippen LogP contribution in [0.15, 0.2) is 170 Å². The summed E-state index contributed by atoms with van der Waals surface area (Å²) in [5.41, 5.74) is 0. The monoisotopic (exact) mass is 1060 g/mol. The number of hydrogen-bond acceptors (Lipinski definition) is 6. The van der Waals surface area contributed by atoms with Gasteiger partial charge in [0.1, 0.15) is 13.2 Å². The first kappa shape index (κ1) is 71.8. The molecule has 0 bridgehead atoms. The molecule has 0 aromatic carbocycles. The third kappa shape index (κ3) is 61.5. The van der Waals surface area contributed by atoms with Gasteiger partial charge in [-0.25, -0.2) is 0 Å². The van der Waals surface area contributed by atoms with Crippen LogP contribution in [0.2, 0.25) is 0 Å². The van der Waals surface area contributed by atoms with Crippen molar-refractivity contribution in [3.63, 3.8) is 0 Å². The molecule has 1 atom stereocenters. The fourth-order valence-corrected chi connectivity index (χ4v) is 7.72. The lowest BCUT2D eigenvalue weighted by Crippen LogP contribution is -2.30. The van der Waals surface area contributed by atoms with Crippen molar-refractivity contribution in [1.82, 2.24) is 0 Å². The molecule has 0 aromatic heterocycles. The summed E-state index contributed by atoms with van der Waals surface area (Å²) < 4.78 is 16.8. The van der Waals surface area contributed by atoms with Crippen LogP contribution in [0.25, 0.3) is 0 Å². The molecule has 6 nitrogen and oxygen atoms in total. The van der Waals surface area contributed by atoms with Gasteiger partial charge in [0.05, 0.1) is 0 Å². The molecule has 0 aliphatic heterocycles. The Bertz CT molecular complexity index is 1790. The Morgan fingerprint density at radius 2 is 0.468 bits per heavy atom. The molecule has 0 aliphatic carbocycles. The molecule has 0 amide bonds. The topological polar surface area (TPSA) is 78.9 Å². The zero-order chi connectivity index (χ0) is 55.7. The highest BCUT2D eigenvalue weighted by molar-refractivity contribution is 5.71. The van der Waals surface area contributed by atoms with Crippen molar-refractivity contribution in [2.45, 2.75) is 245 Å². The summed E-state index contributed by atoms with van der Waals surface area (Å²) >= 11 is 0. The van der Waals surface area contributed by atoms with Gasteiger partial charge in [-0.15, -0.1) is 0 Å². The smallest absolute Gasteiger partial charge is 0.306 e. The van der Waals surface area contributed by atoms with Crippen LogP contribution >= 0.6 is 0 Å². The van der Waals surface area contributed by atoms with E-state index in [-0.39, 0.29) is 31.1 Å². The highest BCUT2D eigenvalue weighted by atomic mass is 16.6. The second-order valence-electron chi connectivity index (χ2n) is 19.5. The maximum atomic E-state index is 12.9. The van der Waals surface area contributed by atoms with Gasteiger partial charge >= 0.3 is 17.9 Å². The number of carbonyl (C=O) groups is 3. The van der Waals surface area contributed by atoms with Crippen molar-refractivity contribution in [2.75, 3.05) is 13.2 Å². The third-order valence-electron chi connectivity index (χ3n) is 12.2. The van der Waals surface area contributed by atoms with E-state index >= 15 is 0 Å². The predicted molar refractivity (Wildman–Crippen MR) is 334 cm³/mol. The minimum absolute atomic E-state index is 0.110. The van der Waals surface area contributed by atoms with Gasteiger partial charge in [-0.05, 0) is 148 Å². The summed E-state index contributed by atoms with van der Waals surface area (Å²) in [4.78, 5) is 38.2. The number of rotatable bonds is 53. The number of unbranched alkanes of at least 4 members (excludes halogenated alkanes) is 14. The SMILES string of the molecule is CC/C=C\C/C=C\C/C=C\C/C=C\C/C=C\C/C=C\C/C=C\C/C=C\CCCCCCC(=O)OCC(COC(=O)CCCCCCC/C=C\C/C=C\C/C=C\CC)OC(=O)CCCCCCC/C=C\C/C=C\C/C=C\CC. The van der Waals surface area contributed by atoms with Crippen molar-refractivity contribution in [1.29, 1.82) is 0 Å². The number of allylic oxidation sites excluding steroid dienone is 28. The number of esters is 3. The van der Waals surface area contributed by atoms with Crippen LogP contribution in [0, 0.1) is 0 Å². The minimum Gasteiger partial charge on any atom is -0.462 e. The van der Waals surface area contributed by atoms with E-state index in [2.05, 4.69) is 191 Å². The average Bonchev–Trinajstić information content (AvgIpc) is 3.43. The molecule has 0 aromatic rings. The van der Waals surface area contributed by atoms with Gasteiger partial charge in [0.25, 0.3) is 0 Å². The molecule has 0 radical (unpaired) electrons. The van der Waals surface area contributed by atoms with Crippen LogP contribution in [-0.2, 0) is 28.6 Å². The molecule has 0 spiro atoms. The normalized spacial score (nSPS) is 13.3. The lowest BCUT2D eigenvalue weighted by atomic mass is 10.1. The van der Waals surface area contributed by atoms with E-state index in [1.807, 2.05) is 0 Å². The van der Waals surface area contributed by atoms with Gasteiger partial charge in [-0.2, -0.15) is 0 Å². The number of hydrogen-bond donors (Lipinski definition) is 0. The molecule has 0 saturated heterocycles. The lowest BCUT2D eigenvalue weighted by molar-refractivity contribution is -0.167. The Kier molecular flexibility index (Phi) is 59.0. The first-order valence-corrected chi connectivity index (χ1v) is 30.6. The van der Waals surface area contributed by atoms with Crippen LogP contribution in [0.3, 0.4) is 0 Å². The fraction of sp³-hybridized carbons (Fsp3) is 0.563. The van der Waals surface area contributed by atoms with Gasteiger partial charge in [0.15, 0.2) is 6.10 Å². The fourth-order valence-electron chi connectivity index (χ4n) is 7.72. The summed E-state index contributed by atoms with van der Waals surface area (Å²) in [6.45, 7) is 6.24. The standard InChI is InChI=1S/C71H110O6/c1-4-7-10-13-16-19-22-25-28-29-30-31-32-33-34-35-36-37-38-39-40-41-44-46-49-52-55-58-61-64-70(73)76-67-68(77-71(74)65-62-59-56-53-50-47-43-27-24-21-18-15-12-9-6-3)66-75-69(72)63-60-57-54-51-48-45-42-26-23-20-17-14-11-8-5-2/h7-12,16-21,25-28,30-31,33-34,36-37,39-40,42-44,46,68H,4-6,13-15,22-24,29,32,35,38,41,45,47-67H2,1-3H3/b10-7-,11-8-,12-9-,19-16-,20-17-,21-18-,28-25-,31-30-,34-33-,37-36-,40-39-,42-26-,43-27-,46-44-. The van der Waals surface area contributed by atoms with Gasteiger partial charge in [0, 0.05) is 19.3 Å². The van der Waals surface area contributed by atoms with Crippen LogP contribution < -0.4 is 0 Å². The maximum Gasteiger partial charge on any atom is 0.306 e. The first-order chi connectivity index (χ1) is 38.0. The Balaban J connectivity index is 4.44. The van der Waals surface area contributed by atoms with Crippen molar-refractivity contribution < 1.29 is 28.6 Å². The first-order valence-electron chi connectivity index (χ1n) is 30.6. The summed E-state index contributed by atoms with van der Waals surface area (Å²) in [6.07, 6.45) is 93.5. The molecule has 0 N–H and O–H groups in total. The summed E-state index contributed by atoms with van der Waals surface area (Å²) in [6, 6.07) is 0. The molecule has 0 heterocycles. The molecule has 1 unspecified atom stereocenters. The number of ether oxygens (including phenoxy) is 3. The largest absolute Gasteiger partial charge is 0.462 e. The Labute approximate surface area is 472 Å². The summed E-state index contributed by atoms with van der Waals surface area (Å²) in [5, 5.41) is 0. The molecule has 0 saturated carbocycles. The van der Waals surface area contributed by atoms with E-state index in [0.29, 0.717) is 19.3 Å². The maximum absolute atomic E-state index is 12.9. The quantitative estimate of drug-likeness (QED) is 0.0261. The van der Waals surface area contributed by atoms with Crippen LogP contribution in [0.1, 0.15) is 239 Å². The van der Waals surface area contributed by atoms with E-state index in [1.54, 1.807) is 0 Å². The Morgan fingerprint density at radius 3 is 0.727 bits per heavy atom. The molecule has 0 fully saturated rings.